The first kappa shape index (κ1) is 24.9. The second kappa shape index (κ2) is 10.6. The maximum absolute atomic E-state index is 13.3. The highest BCUT2D eigenvalue weighted by molar-refractivity contribution is 5.94. The van der Waals surface area contributed by atoms with Crippen LogP contribution in [-0.4, -0.2) is 51.3 Å². The van der Waals surface area contributed by atoms with Crippen molar-refractivity contribution in [1.82, 2.24) is 5.32 Å². The SMILES string of the molecule is CN(c1ccc(C#N)c(C(F)(F)F)c1)C1CCC(NC(=O)c2ccc(N3CCOCC3)cc2)CC1. The predicted octanol–water partition coefficient (Wildman–Crippen LogP) is 4.59. The number of hydrogen-bond acceptors (Lipinski definition) is 5. The van der Waals surface area contributed by atoms with Gasteiger partial charge in [-0.15, -0.1) is 0 Å². The number of carbonyl (C=O) groups excluding carboxylic acids is 1. The Labute approximate surface area is 203 Å². The Bertz CT molecular complexity index is 1070. The zero-order chi connectivity index (χ0) is 25.0. The van der Waals surface area contributed by atoms with Gasteiger partial charge in [0.05, 0.1) is 30.4 Å². The maximum Gasteiger partial charge on any atom is 0.417 e. The summed E-state index contributed by atoms with van der Waals surface area (Å²) in [5.74, 6) is -0.114. The summed E-state index contributed by atoms with van der Waals surface area (Å²) in [4.78, 5) is 16.8. The van der Waals surface area contributed by atoms with Crippen molar-refractivity contribution in [2.24, 2.45) is 0 Å². The van der Waals surface area contributed by atoms with Gasteiger partial charge in [-0.2, -0.15) is 18.4 Å². The van der Waals surface area contributed by atoms with Gasteiger partial charge in [-0.1, -0.05) is 0 Å². The van der Waals surface area contributed by atoms with E-state index in [1.165, 1.54) is 6.07 Å². The average Bonchev–Trinajstić information content (AvgIpc) is 2.88. The van der Waals surface area contributed by atoms with Crippen LogP contribution >= 0.6 is 0 Å². The number of nitrogens with zero attached hydrogens (tertiary/aromatic N) is 3. The van der Waals surface area contributed by atoms with Gasteiger partial charge in [0.1, 0.15) is 0 Å². The van der Waals surface area contributed by atoms with E-state index in [1.807, 2.05) is 29.2 Å². The van der Waals surface area contributed by atoms with Gasteiger partial charge in [-0.05, 0) is 68.1 Å². The van der Waals surface area contributed by atoms with Crippen molar-refractivity contribution in [2.75, 3.05) is 43.2 Å². The van der Waals surface area contributed by atoms with Crippen LogP contribution in [0, 0.1) is 11.3 Å². The fourth-order valence-corrected chi connectivity index (χ4v) is 4.82. The molecule has 1 saturated carbocycles. The summed E-state index contributed by atoms with van der Waals surface area (Å²) in [7, 11) is 1.78. The minimum absolute atomic E-state index is 0.0257. The second-order valence-corrected chi connectivity index (χ2v) is 9.08. The van der Waals surface area contributed by atoms with E-state index in [4.69, 9.17) is 10.00 Å². The van der Waals surface area contributed by atoms with Crippen molar-refractivity contribution in [3.63, 3.8) is 0 Å². The van der Waals surface area contributed by atoms with E-state index >= 15 is 0 Å². The lowest BCUT2D eigenvalue weighted by atomic mass is 9.89. The minimum atomic E-state index is -4.58. The normalized spacial score (nSPS) is 20.7. The third kappa shape index (κ3) is 5.88. The lowest BCUT2D eigenvalue weighted by Crippen LogP contribution is -2.43. The highest BCUT2D eigenvalue weighted by Gasteiger charge is 2.35. The van der Waals surface area contributed by atoms with Gasteiger partial charge in [0, 0.05) is 49.2 Å². The predicted molar refractivity (Wildman–Crippen MR) is 128 cm³/mol. The van der Waals surface area contributed by atoms with E-state index in [1.54, 1.807) is 19.2 Å². The van der Waals surface area contributed by atoms with E-state index in [0.717, 1.165) is 50.5 Å². The number of nitriles is 1. The van der Waals surface area contributed by atoms with E-state index in [2.05, 4.69) is 10.2 Å². The molecule has 186 valence electrons. The van der Waals surface area contributed by atoms with Crippen LogP contribution in [0.4, 0.5) is 24.5 Å². The van der Waals surface area contributed by atoms with Crippen LogP contribution in [0.3, 0.4) is 0 Å². The molecule has 0 radical (unpaired) electrons. The molecular weight excluding hydrogens is 457 g/mol. The number of morpholine rings is 1. The van der Waals surface area contributed by atoms with Crippen molar-refractivity contribution in [2.45, 2.75) is 43.9 Å². The van der Waals surface area contributed by atoms with Crippen LogP contribution in [-0.2, 0) is 10.9 Å². The molecule has 2 aromatic carbocycles. The van der Waals surface area contributed by atoms with Gasteiger partial charge in [-0.25, -0.2) is 0 Å². The number of alkyl halides is 3. The molecule has 0 bridgehead atoms. The number of halogens is 3. The van der Waals surface area contributed by atoms with Crippen LogP contribution in [0.5, 0.6) is 0 Å². The molecule has 1 aliphatic heterocycles. The van der Waals surface area contributed by atoms with Gasteiger partial charge in [0.15, 0.2) is 0 Å². The molecule has 1 N–H and O–H groups in total. The molecular formula is C26H29F3N4O2. The fraction of sp³-hybridized carbons (Fsp3) is 0.462. The number of nitrogens with one attached hydrogen (secondary N) is 1. The van der Waals surface area contributed by atoms with Crippen LogP contribution in [0.2, 0.25) is 0 Å². The number of amides is 1. The molecule has 0 aromatic heterocycles. The minimum Gasteiger partial charge on any atom is -0.378 e. The van der Waals surface area contributed by atoms with E-state index in [0.29, 0.717) is 24.5 Å². The summed E-state index contributed by atoms with van der Waals surface area (Å²) in [6.07, 6.45) is -1.59. The first-order valence-electron chi connectivity index (χ1n) is 11.8. The lowest BCUT2D eigenvalue weighted by molar-refractivity contribution is -0.137. The molecule has 0 atom stereocenters. The summed E-state index contributed by atoms with van der Waals surface area (Å²) in [5, 5.41) is 12.1. The maximum atomic E-state index is 13.3. The number of rotatable bonds is 5. The molecule has 9 heteroatoms. The van der Waals surface area contributed by atoms with E-state index in [9.17, 15) is 18.0 Å². The van der Waals surface area contributed by atoms with Crippen molar-refractivity contribution >= 4 is 17.3 Å². The van der Waals surface area contributed by atoms with Gasteiger partial charge >= 0.3 is 6.18 Å². The van der Waals surface area contributed by atoms with Crippen molar-refractivity contribution in [1.29, 1.82) is 5.26 Å². The third-order valence-electron chi connectivity index (χ3n) is 6.92. The molecule has 0 spiro atoms. The number of ether oxygens (including phenoxy) is 1. The van der Waals surface area contributed by atoms with Gasteiger partial charge < -0.3 is 19.9 Å². The molecule has 0 unspecified atom stereocenters. The highest BCUT2D eigenvalue weighted by atomic mass is 19.4. The summed E-state index contributed by atoms with van der Waals surface area (Å²) in [6, 6.07) is 13.1. The third-order valence-corrected chi connectivity index (χ3v) is 6.92. The zero-order valence-electron chi connectivity index (χ0n) is 19.6. The average molecular weight is 487 g/mol. The largest absolute Gasteiger partial charge is 0.417 e. The lowest BCUT2D eigenvalue weighted by Gasteiger charge is -2.36. The smallest absolute Gasteiger partial charge is 0.378 e. The van der Waals surface area contributed by atoms with Crippen LogP contribution in [0.1, 0.15) is 47.2 Å². The second-order valence-electron chi connectivity index (χ2n) is 9.08. The van der Waals surface area contributed by atoms with Gasteiger partial charge in [0.25, 0.3) is 5.91 Å². The van der Waals surface area contributed by atoms with E-state index in [-0.39, 0.29) is 23.6 Å². The molecule has 2 aromatic rings. The number of benzene rings is 2. The van der Waals surface area contributed by atoms with Crippen LogP contribution in [0.25, 0.3) is 0 Å². The fourth-order valence-electron chi connectivity index (χ4n) is 4.82. The molecule has 1 saturated heterocycles. The Morgan fingerprint density at radius 1 is 1.09 bits per heavy atom. The standard InChI is InChI=1S/C26H29F3N4O2/c1-32(23-9-4-19(17-30)24(16-23)26(27,28)29)21-10-5-20(6-11-21)31-25(34)18-2-7-22(8-3-18)33-12-14-35-15-13-33/h2-4,7-9,16,20-21H,5-6,10-15H2,1H3,(H,31,34). The number of carbonyl (C=O) groups is 1. The Morgan fingerprint density at radius 3 is 2.34 bits per heavy atom. The summed E-state index contributed by atoms with van der Waals surface area (Å²) < 4.78 is 45.4. The molecule has 2 fully saturated rings. The summed E-state index contributed by atoms with van der Waals surface area (Å²) in [5.41, 5.74) is 0.830. The Morgan fingerprint density at radius 2 is 1.74 bits per heavy atom. The molecule has 1 heterocycles. The molecule has 6 nitrogen and oxygen atoms in total. The monoisotopic (exact) mass is 486 g/mol. The van der Waals surface area contributed by atoms with E-state index < -0.39 is 11.7 Å². The number of hydrogen-bond donors (Lipinski definition) is 1. The molecule has 1 amide bonds. The van der Waals surface area contributed by atoms with Gasteiger partial charge in [0.2, 0.25) is 0 Å². The quantitative estimate of drug-likeness (QED) is 0.670. The topological polar surface area (TPSA) is 68.6 Å². The van der Waals surface area contributed by atoms with Crippen LogP contribution in [0.15, 0.2) is 42.5 Å². The Balaban J connectivity index is 1.32. The molecule has 2 aliphatic rings. The highest BCUT2D eigenvalue weighted by Crippen LogP contribution is 2.35. The van der Waals surface area contributed by atoms with Crippen LogP contribution < -0.4 is 15.1 Å². The first-order valence-corrected chi connectivity index (χ1v) is 11.8. The molecule has 4 rings (SSSR count). The van der Waals surface area contributed by atoms with Crippen molar-refractivity contribution in [3.8, 4) is 6.07 Å². The van der Waals surface area contributed by atoms with Crippen molar-refractivity contribution < 1.29 is 22.7 Å². The van der Waals surface area contributed by atoms with Crippen molar-refractivity contribution in [3.05, 3.63) is 59.2 Å². The summed E-state index contributed by atoms with van der Waals surface area (Å²) >= 11 is 0. The molecule has 35 heavy (non-hydrogen) atoms. The Hall–Kier alpha value is -3.25. The first-order chi connectivity index (χ1) is 16.8. The zero-order valence-corrected chi connectivity index (χ0v) is 19.6. The van der Waals surface area contributed by atoms with Gasteiger partial charge in [-0.3, -0.25) is 4.79 Å². The Kier molecular flexibility index (Phi) is 7.51. The number of anilines is 2. The molecule has 1 aliphatic carbocycles. The summed E-state index contributed by atoms with van der Waals surface area (Å²) in [6.45, 7) is 3.08.